The third kappa shape index (κ3) is 1.96. The molecule has 2 rings (SSSR count). The van der Waals surface area contributed by atoms with Crippen molar-refractivity contribution in [2.75, 3.05) is 7.11 Å². The summed E-state index contributed by atoms with van der Waals surface area (Å²) in [4.78, 5) is 4.04. The fourth-order valence-corrected chi connectivity index (χ4v) is 2.07. The van der Waals surface area contributed by atoms with Gasteiger partial charge >= 0.3 is 0 Å². The maximum atomic E-state index is 5.61. The average molecular weight is 207 g/mol. The Bertz CT molecular complexity index is 325. The van der Waals surface area contributed by atoms with Crippen molar-refractivity contribution in [2.45, 2.75) is 25.3 Å². The molecule has 82 valence electrons. The zero-order valence-corrected chi connectivity index (χ0v) is 8.94. The summed E-state index contributed by atoms with van der Waals surface area (Å²) in [6, 6.07) is 2.17. The van der Waals surface area contributed by atoms with E-state index in [2.05, 4.69) is 10.4 Å². The Balaban J connectivity index is 2.24. The number of rotatable bonds is 4. The van der Waals surface area contributed by atoms with E-state index < -0.39 is 0 Å². The van der Waals surface area contributed by atoms with Crippen molar-refractivity contribution in [2.24, 2.45) is 11.8 Å². The smallest absolute Gasteiger partial charge is 0.141 e. The summed E-state index contributed by atoms with van der Waals surface area (Å²) in [5.74, 6) is 7.06. The number of hydrogen-bond donors (Lipinski definition) is 2. The van der Waals surface area contributed by atoms with Gasteiger partial charge in [-0.05, 0) is 24.8 Å². The first-order valence-electron chi connectivity index (χ1n) is 5.31. The van der Waals surface area contributed by atoms with Crippen LogP contribution in [0, 0.1) is 5.92 Å². The maximum absolute atomic E-state index is 5.61. The first kappa shape index (κ1) is 10.4. The van der Waals surface area contributed by atoms with Crippen molar-refractivity contribution in [1.82, 2.24) is 10.4 Å². The molecule has 1 aromatic rings. The second kappa shape index (κ2) is 4.59. The van der Waals surface area contributed by atoms with Crippen LogP contribution in [0.1, 0.15) is 30.9 Å². The van der Waals surface area contributed by atoms with Gasteiger partial charge in [-0.1, -0.05) is 6.42 Å². The van der Waals surface area contributed by atoms with Crippen LogP contribution in [-0.4, -0.2) is 12.1 Å². The van der Waals surface area contributed by atoms with Gasteiger partial charge in [-0.2, -0.15) is 0 Å². The van der Waals surface area contributed by atoms with E-state index in [4.69, 9.17) is 10.6 Å². The number of aromatic nitrogens is 1. The van der Waals surface area contributed by atoms with Crippen LogP contribution in [0.25, 0.3) is 0 Å². The van der Waals surface area contributed by atoms with Gasteiger partial charge in [0.1, 0.15) is 5.75 Å². The van der Waals surface area contributed by atoms with E-state index in [0.29, 0.717) is 5.92 Å². The Kier molecular flexibility index (Phi) is 3.18. The van der Waals surface area contributed by atoms with Crippen molar-refractivity contribution < 1.29 is 4.74 Å². The number of ether oxygens (including phenoxy) is 1. The van der Waals surface area contributed by atoms with Gasteiger partial charge in [-0.15, -0.1) is 0 Å². The molecule has 1 aliphatic rings. The number of pyridine rings is 1. The molecule has 4 nitrogen and oxygen atoms in total. The van der Waals surface area contributed by atoms with Gasteiger partial charge in [0.2, 0.25) is 0 Å². The van der Waals surface area contributed by atoms with Crippen LogP contribution in [0.5, 0.6) is 5.75 Å². The van der Waals surface area contributed by atoms with Gasteiger partial charge in [0.05, 0.1) is 19.3 Å². The lowest BCUT2D eigenvalue weighted by Gasteiger charge is -2.34. The Morgan fingerprint density at radius 3 is 2.93 bits per heavy atom. The number of hydrogen-bond acceptors (Lipinski definition) is 4. The molecule has 3 N–H and O–H groups in total. The zero-order chi connectivity index (χ0) is 10.7. The number of hydrazine groups is 1. The van der Waals surface area contributed by atoms with Crippen molar-refractivity contribution in [3.63, 3.8) is 0 Å². The van der Waals surface area contributed by atoms with E-state index >= 15 is 0 Å². The second-order valence-corrected chi connectivity index (χ2v) is 3.95. The van der Waals surface area contributed by atoms with Crippen molar-refractivity contribution in [1.29, 1.82) is 0 Å². The van der Waals surface area contributed by atoms with Crippen LogP contribution < -0.4 is 16.0 Å². The van der Waals surface area contributed by atoms with E-state index in [1.54, 1.807) is 19.5 Å². The minimum Gasteiger partial charge on any atom is -0.495 e. The number of nitrogens with one attached hydrogen (secondary N) is 1. The predicted molar refractivity (Wildman–Crippen MR) is 58.2 cm³/mol. The molecule has 0 spiro atoms. The van der Waals surface area contributed by atoms with E-state index in [1.165, 1.54) is 19.3 Å². The summed E-state index contributed by atoms with van der Waals surface area (Å²) in [7, 11) is 1.66. The lowest BCUT2D eigenvalue weighted by Crippen LogP contribution is -2.36. The van der Waals surface area contributed by atoms with E-state index in [-0.39, 0.29) is 6.04 Å². The van der Waals surface area contributed by atoms with Crippen LogP contribution in [0.3, 0.4) is 0 Å². The standard InChI is InChI=1S/C11H17N3O/c1-15-10-7-13-6-5-9(10)11(14-12)8-3-2-4-8/h5-8,11,14H,2-4,12H2,1H3. The molecule has 0 aliphatic heterocycles. The van der Waals surface area contributed by atoms with Gasteiger partial charge < -0.3 is 4.74 Å². The molecule has 0 amide bonds. The third-order valence-electron chi connectivity index (χ3n) is 3.17. The van der Waals surface area contributed by atoms with Gasteiger partial charge in [0.25, 0.3) is 0 Å². The minimum absolute atomic E-state index is 0.191. The number of nitrogens with two attached hydrogens (primary N) is 1. The quantitative estimate of drug-likeness (QED) is 0.578. The molecule has 1 aliphatic carbocycles. The highest BCUT2D eigenvalue weighted by Gasteiger charge is 2.29. The van der Waals surface area contributed by atoms with Crippen LogP contribution in [-0.2, 0) is 0 Å². The molecule has 1 saturated carbocycles. The summed E-state index contributed by atoms with van der Waals surface area (Å²) >= 11 is 0. The number of methoxy groups -OCH3 is 1. The molecule has 1 unspecified atom stereocenters. The topological polar surface area (TPSA) is 60.2 Å². The second-order valence-electron chi connectivity index (χ2n) is 3.95. The molecular weight excluding hydrogens is 190 g/mol. The van der Waals surface area contributed by atoms with E-state index in [9.17, 15) is 0 Å². The van der Waals surface area contributed by atoms with Gasteiger partial charge in [-0.3, -0.25) is 16.3 Å². The molecule has 0 bridgehead atoms. The maximum Gasteiger partial charge on any atom is 0.141 e. The third-order valence-corrected chi connectivity index (χ3v) is 3.17. The molecule has 4 heteroatoms. The van der Waals surface area contributed by atoms with Crippen molar-refractivity contribution in [3.8, 4) is 5.75 Å². The van der Waals surface area contributed by atoms with E-state index in [0.717, 1.165) is 11.3 Å². The normalized spacial score (nSPS) is 18.3. The fraction of sp³-hybridized carbons (Fsp3) is 0.545. The highest BCUT2D eigenvalue weighted by molar-refractivity contribution is 5.33. The van der Waals surface area contributed by atoms with Crippen LogP contribution in [0.4, 0.5) is 0 Å². The molecule has 1 aromatic heterocycles. The fourth-order valence-electron chi connectivity index (χ4n) is 2.07. The van der Waals surface area contributed by atoms with Crippen LogP contribution >= 0.6 is 0 Å². The van der Waals surface area contributed by atoms with Crippen LogP contribution in [0.15, 0.2) is 18.5 Å². The first-order valence-corrected chi connectivity index (χ1v) is 5.31. The Labute approximate surface area is 89.8 Å². The SMILES string of the molecule is COc1cnccc1C(NN)C1CCC1. The molecule has 1 fully saturated rings. The highest BCUT2D eigenvalue weighted by Crippen LogP contribution is 2.39. The number of nitrogens with zero attached hydrogens (tertiary/aromatic N) is 1. The monoisotopic (exact) mass is 207 g/mol. The summed E-state index contributed by atoms with van der Waals surface area (Å²) in [5.41, 5.74) is 4.00. The molecule has 0 radical (unpaired) electrons. The predicted octanol–water partition coefficient (Wildman–Crippen LogP) is 1.39. The largest absolute Gasteiger partial charge is 0.495 e. The molecule has 15 heavy (non-hydrogen) atoms. The highest BCUT2D eigenvalue weighted by atomic mass is 16.5. The van der Waals surface area contributed by atoms with Gasteiger partial charge in [0, 0.05) is 11.8 Å². The summed E-state index contributed by atoms with van der Waals surface area (Å²) < 4.78 is 5.29. The molecule has 0 aromatic carbocycles. The first-order chi connectivity index (χ1) is 7.36. The summed E-state index contributed by atoms with van der Waals surface area (Å²) in [5, 5.41) is 0. The van der Waals surface area contributed by atoms with Gasteiger partial charge in [0.15, 0.2) is 0 Å². The Morgan fingerprint density at radius 1 is 1.60 bits per heavy atom. The van der Waals surface area contributed by atoms with Crippen molar-refractivity contribution >= 4 is 0 Å². The molecule has 1 heterocycles. The molecular formula is C11H17N3O. The average Bonchev–Trinajstić information content (AvgIpc) is 2.23. The lowest BCUT2D eigenvalue weighted by atomic mass is 9.77. The zero-order valence-electron chi connectivity index (χ0n) is 8.94. The summed E-state index contributed by atoms with van der Waals surface area (Å²) in [6.07, 6.45) is 7.29. The van der Waals surface area contributed by atoms with Crippen LogP contribution in [0.2, 0.25) is 0 Å². The Hall–Kier alpha value is -1.13. The van der Waals surface area contributed by atoms with Gasteiger partial charge in [-0.25, -0.2) is 0 Å². The van der Waals surface area contributed by atoms with E-state index in [1.807, 2.05) is 6.07 Å². The lowest BCUT2D eigenvalue weighted by molar-refractivity contribution is 0.227. The van der Waals surface area contributed by atoms with Crippen molar-refractivity contribution in [3.05, 3.63) is 24.0 Å². The molecule has 1 atom stereocenters. The summed E-state index contributed by atoms with van der Waals surface area (Å²) in [6.45, 7) is 0. The minimum atomic E-state index is 0.191. The Morgan fingerprint density at radius 2 is 2.40 bits per heavy atom. The molecule has 0 saturated heterocycles.